The fourth-order valence-corrected chi connectivity index (χ4v) is 1.81. The molecule has 0 atom stereocenters. The zero-order valence-electron chi connectivity index (χ0n) is 11.5. The van der Waals surface area contributed by atoms with Crippen molar-refractivity contribution in [2.24, 2.45) is 0 Å². The van der Waals surface area contributed by atoms with Gasteiger partial charge in [0.15, 0.2) is 0 Å². The molecule has 1 amide bonds. The Bertz CT molecular complexity index is 650. The summed E-state index contributed by atoms with van der Waals surface area (Å²) >= 11 is 0. The largest absolute Gasteiger partial charge is 0.492 e. The number of ether oxygens (including phenoxy) is 1. The molecule has 2 rings (SSSR count). The number of benzene rings is 2. The maximum Gasteiger partial charge on any atom is 0.335 e. The number of nitrogens with one attached hydrogen (secondary N) is 1. The van der Waals surface area contributed by atoms with Gasteiger partial charge >= 0.3 is 5.97 Å². The first kappa shape index (κ1) is 14.6. The normalized spacial score (nSPS) is 9.95. The zero-order valence-corrected chi connectivity index (χ0v) is 11.5. The van der Waals surface area contributed by atoms with Gasteiger partial charge in [-0.15, -0.1) is 0 Å². The lowest BCUT2D eigenvalue weighted by atomic mass is 10.1. The second-order valence-corrected chi connectivity index (χ2v) is 4.27. The molecule has 0 bridgehead atoms. The van der Waals surface area contributed by atoms with Crippen molar-refractivity contribution >= 4 is 17.6 Å². The van der Waals surface area contributed by atoms with Crippen LogP contribution in [0.1, 0.15) is 27.6 Å². The third kappa shape index (κ3) is 3.60. The van der Waals surface area contributed by atoms with Gasteiger partial charge in [-0.25, -0.2) is 4.79 Å². The van der Waals surface area contributed by atoms with Gasteiger partial charge in [0.1, 0.15) is 5.75 Å². The Morgan fingerprint density at radius 2 is 1.67 bits per heavy atom. The van der Waals surface area contributed by atoms with Crippen LogP contribution in [0.4, 0.5) is 5.69 Å². The molecule has 5 heteroatoms. The maximum atomic E-state index is 12.1. The van der Waals surface area contributed by atoms with E-state index in [1.807, 2.05) is 13.0 Å². The van der Waals surface area contributed by atoms with Gasteiger partial charge in [0.05, 0.1) is 17.9 Å². The van der Waals surface area contributed by atoms with Gasteiger partial charge in [-0.2, -0.15) is 0 Å². The van der Waals surface area contributed by atoms with Crippen molar-refractivity contribution in [1.29, 1.82) is 0 Å². The monoisotopic (exact) mass is 285 g/mol. The van der Waals surface area contributed by atoms with Gasteiger partial charge in [0.25, 0.3) is 5.91 Å². The van der Waals surface area contributed by atoms with Crippen molar-refractivity contribution in [2.75, 3.05) is 11.9 Å². The quantitative estimate of drug-likeness (QED) is 0.885. The van der Waals surface area contributed by atoms with Gasteiger partial charge in [0.2, 0.25) is 0 Å². The van der Waals surface area contributed by atoms with E-state index in [1.165, 1.54) is 24.3 Å². The molecule has 0 aliphatic heterocycles. The Labute approximate surface area is 122 Å². The van der Waals surface area contributed by atoms with Crippen LogP contribution < -0.4 is 10.1 Å². The molecule has 0 aromatic heterocycles. The predicted octanol–water partition coefficient (Wildman–Crippen LogP) is 3.04. The average molecular weight is 285 g/mol. The van der Waals surface area contributed by atoms with Crippen molar-refractivity contribution in [2.45, 2.75) is 6.92 Å². The first-order valence-electron chi connectivity index (χ1n) is 6.48. The van der Waals surface area contributed by atoms with E-state index in [0.717, 1.165) is 0 Å². The fraction of sp³-hybridized carbons (Fsp3) is 0.125. The van der Waals surface area contributed by atoms with Crippen LogP contribution in [-0.2, 0) is 0 Å². The second-order valence-electron chi connectivity index (χ2n) is 4.27. The maximum absolute atomic E-state index is 12.1. The van der Waals surface area contributed by atoms with Crippen LogP contribution in [-0.4, -0.2) is 23.6 Å². The summed E-state index contributed by atoms with van der Waals surface area (Å²) in [5.41, 5.74) is 1.10. The molecule has 0 heterocycles. The first-order chi connectivity index (χ1) is 10.1. The number of anilines is 1. The Morgan fingerprint density at radius 1 is 1.05 bits per heavy atom. The summed E-state index contributed by atoms with van der Waals surface area (Å²) in [6.07, 6.45) is 0. The van der Waals surface area contributed by atoms with Crippen LogP contribution in [0.3, 0.4) is 0 Å². The van der Waals surface area contributed by atoms with Crippen molar-refractivity contribution in [3.05, 3.63) is 59.7 Å². The lowest BCUT2D eigenvalue weighted by molar-refractivity contribution is 0.0696. The SMILES string of the molecule is CCOc1ccccc1NC(=O)c1ccc(C(=O)O)cc1. The van der Waals surface area contributed by atoms with E-state index in [1.54, 1.807) is 18.2 Å². The summed E-state index contributed by atoms with van der Waals surface area (Å²) in [7, 11) is 0. The van der Waals surface area contributed by atoms with Crippen molar-refractivity contribution in [3.63, 3.8) is 0 Å². The van der Waals surface area contributed by atoms with Gasteiger partial charge in [-0.1, -0.05) is 12.1 Å². The number of carboxylic acid groups (broad SMARTS) is 1. The Balaban J connectivity index is 2.16. The summed E-state index contributed by atoms with van der Waals surface area (Å²) < 4.78 is 5.43. The molecular formula is C16H15NO4. The third-order valence-electron chi connectivity index (χ3n) is 2.83. The highest BCUT2D eigenvalue weighted by molar-refractivity contribution is 6.05. The molecule has 0 saturated heterocycles. The molecular weight excluding hydrogens is 270 g/mol. The van der Waals surface area contributed by atoms with E-state index < -0.39 is 5.97 Å². The van der Waals surface area contributed by atoms with E-state index in [4.69, 9.17) is 9.84 Å². The number of amides is 1. The number of hydrogen-bond donors (Lipinski definition) is 2. The number of carbonyl (C=O) groups is 2. The fourth-order valence-electron chi connectivity index (χ4n) is 1.81. The molecule has 0 fully saturated rings. The number of carbonyl (C=O) groups excluding carboxylic acids is 1. The molecule has 21 heavy (non-hydrogen) atoms. The highest BCUT2D eigenvalue weighted by Gasteiger charge is 2.10. The molecule has 2 N–H and O–H groups in total. The minimum atomic E-state index is -1.02. The molecule has 0 radical (unpaired) electrons. The lowest BCUT2D eigenvalue weighted by Crippen LogP contribution is -2.13. The predicted molar refractivity (Wildman–Crippen MR) is 79.0 cm³/mol. The summed E-state index contributed by atoms with van der Waals surface area (Å²) in [5, 5.41) is 11.6. The Morgan fingerprint density at radius 3 is 2.29 bits per heavy atom. The topological polar surface area (TPSA) is 75.6 Å². The van der Waals surface area contributed by atoms with E-state index in [-0.39, 0.29) is 11.5 Å². The van der Waals surface area contributed by atoms with Crippen LogP contribution in [0.2, 0.25) is 0 Å². The minimum Gasteiger partial charge on any atom is -0.492 e. The van der Waals surface area contributed by atoms with E-state index in [0.29, 0.717) is 23.6 Å². The lowest BCUT2D eigenvalue weighted by Gasteiger charge is -2.11. The number of rotatable bonds is 5. The molecule has 108 valence electrons. The highest BCUT2D eigenvalue weighted by atomic mass is 16.5. The molecule has 2 aromatic carbocycles. The van der Waals surface area contributed by atoms with Crippen molar-refractivity contribution < 1.29 is 19.4 Å². The zero-order chi connectivity index (χ0) is 15.2. The van der Waals surface area contributed by atoms with Crippen LogP contribution in [0.15, 0.2) is 48.5 Å². The van der Waals surface area contributed by atoms with Crippen molar-refractivity contribution in [3.8, 4) is 5.75 Å². The average Bonchev–Trinajstić information content (AvgIpc) is 2.49. The van der Waals surface area contributed by atoms with Gasteiger partial charge in [-0.05, 0) is 43.3 Å². The molecule has 0 aliphatic carbocycles. The number of aromatic carboxylic acids is 1. The van der Waals surface area contributed by atoms with E-state index in [9.17, 15) is 9.59 Å². The van der Waals surface area contributed by atoms with E-state index in [2.05, 4.69) is 5.32 Å². The van der Waals surface area contributed by atoms with E-state index >= 15 is 0 Å². The first-order valence-corrected chi connectivity index (χ1v) is 6.48. The van der Waals surface area contributed by atoms with Crippen LogP contribution >= 0.6 is 0 Å². The van der Waals surface area contributed by atoms with Crippen molar-refractivity contribution in [1.82, 2.24) is 0 Å². The summed E-state index contributed by atoms with van der Waals surface area (Å²) in [6.45, 7) is 2.36. The minimum absolute atomic E-state index is 0.140. The molecule has 0 aliphatic rings. The standard InChI is InChI=1S/C16H15NO4/c1-2-21-14-6-4-3-5-13(14)17-15(18)11-7-9-12(10-8-11)16(19)20/h3-10H,2H2,1H3,(H,17,18)(H,19,20). The van der Waals surface area contributed by atoms with Gasteiger partial charge < -0.3 is 15.2 Å². The van der Waals surface area contributed by atoms with Crippen LogP contribution in [0.5, 0.6) is 5.75 Å². The van der Waals surface area contributed by atoms with Gasteiger partial charge in [-0.3, -0.25) is 4.79 Å². The summed E-state index contributed by atoms with van der Waals surface area (Å²) in [4.78, 5) is 22.9. The molecule has 0 spiro atoms. The highest BCUT2D eigenvalue weighted by Crippen LogP contribution is 2.24. The van der Waals surface area contributed by atoms with Gasteiger partial charge in [0, 0.05) is 5.56 Å². The number of para-hydroxylation sites is 2. The van der Waals surface area contributed by atoms with Crippen LogP contribution in [0.25, 0.3) is 0 Å². The number of carboxylic acids is 1. The molecule has 0 saturated carbocycles. The molecule has 5 nitrogen and oxygen atoms in total. The molecule has 2 aromatic rings. The number of hydrogen-bond acceptors (Lipinski definition) is 3. The smallest absolute Gasteiger partial charge is 0.335 e. The Kier molecular flexibility index (Phi) is 4.56. The van der Waals surface area contributed by atoms with Crippen LogP contribution in [0, 0.1) is 0 Å². The third-order valence-corrected chi connectivity index (χ3v) is 2.83. The summed E-state index contributed by atoms with van der Waals surface area (Å²) in [6, 6.07) is 12.9. The summed E-state index contributed by atoms with van der Waals surface area (Å²) in [5.74, 6) is -0.752. The second kappa shape index (κ2) is 6.56. The molecule has 0 unspecified atom stereocenters. The Hall–Kier alpha value is -2.82.